The van der Waals surface area contributed by atoms with Gasteiger partial charge >= 0.3 is 0 Å². The highest BCUT2D eigenvalue weighted by Gasteiger charge is 2.06. The zero-order chi connectivity index (χ0) is 11.8. The lowest BCUT2D eigenvalue weighted by molar-refractivity contribution is 0.0822. The molecule has 1 aromatic rings. The molecule has 0 aliphatic rings. The van der Waals surface area contributed by atoms with Crippen LogP contribution in [-0.2, 0) is 4.74 Å². The predicted octanol–water partition coefficient (Wildman–Crippen LogP) is 2.55. The van der Waals surface area contributed by atoms with E-state index in [1.54, 1.807) is 7.11 Å². The molecule has 0 saturated carbocycles. The highest BCUT2D eigenvalue weighted by Crippen LogP contribution is 2.19. The van der Waals surface area contributed by atoms with Gasteiger partial charge in [-0.25, -0.2) is 0 Å². The summed E-state index contributed by atoms with van der Waals surface area (Å²) in [5.74, 6) is 0.804. The van der Waals surface area contributed by atoms with Gasteiger partial charge in [-0.1, -0.05) is 19.1 Å². The number of rotatable bonds is 7. The summed E-state index contributed by atoms with van der Waals surface area (Å²) >= 11 is 0. The molecule has 0 saturated heterocycles. The average Bonchev–Trinajstić information content (AvgIpc) is 2.34. The molecule has 0 heterocycles. The Morgan fingerprint density at radius 3 is 2.44 bits per heavy atom. The van der Waals surface area contributed by atoms with Crippen molar-refractivity contribution in [2.75, 3.05) is 20.3 Å². The van der Waals surface area contributed by atoms with E-state index in [9.17, 15) is 5.11 Å². The van der Waals surface area contributed by atoms with E-state index in [1.807, 2.05) is 24.3 Å². The van der Waals surface area contributed by atoms with Crippen molar-refractivity contribution in [2.24, 2.45) is 0 Å². The minimum absolute atomic E-state index is 0.456. The third-order valence-corrected chi connectivity index (χ3v) is 2.38. The van der Waals surface area contributed by atoms with E-state index in [2.05, 4.69) is 6.92 Å². The molecule has 1 unspecified atom stereocenters. The molecule has 16 heavy (non-hydrogen) atoms. The van der Waals surface area contributed by atoms with Crippen LogP contribution in [0.5, 0.6) is 5.75 Å². The van der Waals surface area contributed by atoms with Gasteiger partial charge in [0.05, 0.1) is 13.2 Å². The van der Waals surface area contributed by atoms with Crippen LogP contribution < -0.4 is 4.74 Å². The molecule has 90 valence electrons. The highest BCUT2D eigenvalue weighted by atomic mass is 16.5. The zero-order valence-corrected chi connectivity index (χ0v) is 9.98. The van der Waals surface area contributed by atoms with Crippen molar-refractivity contribution in [1.29, 1.82) is 0 Å². The van der Waals surface area contributed by atoms with E-state index in [0.29, 0.717) is 13.0 Å². The first kappa shape index (κ1) is 13.0. The van der Waals surface area contributed by atoms with E-state index in [1.165, 1.54) is 0 Å². The van der Waals surface area contributed by atoms with Gasteiger partial charge in [-0.15, -0.1) is 0 Å². The number of aliphatic hydroxyl groups excluding tert-OH is 1. The van der Waals surface area contributed by atoms with Gasteiger partial charge < -0.3 is 14.6 Å². The van der Waals surface area contributed by atoms with Crippen LogP contribution in [-0.4, -0.2) is 25.4 Å². The Kier molecular flexibility index (Phi) is 5.90. The summed E-state index contributed by atoms with van der Waals surface area (Å²) in [7, 11) is 1.63. The predicted molar refractivity (Wildman–Crippen MR) is 63.7 cm³/mol. The second-order valence-corrected chi connectivity index (χ2v) is 3.69. The summed E-state index contributed by atoms with van der Waals surface area (Å²) < 4.78 is 10.4. The van der Waals surface area contributed by atoms with Gasteiger partial charge in [0.2, 0.25) is 0 Å². The summed E-state index contributed by atoms with van der Waals surface area (Å²) in [6, 6.07) is 7.46. The van der Waals surface area contributed by atoms with Crippen molar-refractivity contribution in [1.82, 2.24) is 0 Å². The normalized spacial score (nSPS) is 12.4. The number of benzene rings is 1. The highest BCUT2D eigenvalue weighted by molar-refractivity contribution is 5.28. The molecule has 0 aromatic heterocycles. The molecule has 1 rings (SSSR count). The lowest BCUT2D eigenvalue weighted by atomic mass is 10.1. The molecule has 0 radical (unpaired) electrons. The fourth-order valence-electron chi connectivity index (χ4n) is 1.43. The fourth-order valence-corrected chi connectivity index (χ4v) is 1.43. The zero-order valence-electron chi connectivity index (χ0n) is 9.98. The maximum atomic E-state index is 9.86. The van der Waals surface area contributed by atoms with Gasteiger partial charge in [-0.2, -0.15) is 0 Å². The third-order valence-electron chi connectivity index (χ3n) is 2.38. The van der Waals surface area contributed by atoms with E-state index in [-0.39, 0.29) is 0 Å². The fraction of sp³-hybridized carbons (Fsp3) is 0.538. The van der Waals surface area contributed by atoms with Crippen molar-refractivity contribution in [3.63, 3.8) is 0 Å². The Morgan fingerprint density at radius 2 is 1.88 bits per heavy atom. The standard InChI is InChI=1S/C13H20O3/c1-3-9-16-10-8-13(14)11-4-6-12(15-2)7-5-11/h4-7,13-14H,3,8-10H2,1-2H3. The molecule has 3 heteroatoms. The summed E-state index contributed by atoms with van der Waals surface area (Å²) in [6.07, 6.45) is 1.19. The lowest BCUT2D eigenvalue weighted by Gasteiger charge is -2.11. The lowest BCUT2D eigenvalue weighted by Crippen LogP contribution is -2.03. The first-order valence-corrected chi connectivity index (χ1v) is 5.67. The summed E-state index contributed by atoms with van der Waals surface area (Å²) in [4.78, 5) is 0. The van der Waals surface area contributed by atoms with Crippen LogP contribution in [0.15, 0.2) is 24.3 Å². The average molecular weight is 224 g/mol. The molecular formula is C13H20O3. The van der Waals surface area contributed by atoms with E-state index < -0.39 is 6.10 Å². The van der Waals surface area contributed by atoms with Crippen LogP contribution in [0.1, 0.15) is 31.4 Å². The van der Waals surface area contributed by atoms with E-state index in [0.717, 1.165) is 24.3 Å². The summed E-state index contributed by atoms with van der Waals surface area (Å²) in [5.41, 5.74) is 0.904. The minimum Gasteiger partial charge on any atom is -0.497 e. The molecule has 0 bridgehead atoms. The summed E-state index contributed by atoms with van der Waals surface area (Å²) in [6.45, 7) is 3.43. The van der Waals surface area contributed by atoms with Crippen LogP contribution >= 0.6 is 0 Å². The largest absolute Gasteiger partial charge is 0.497 e. The molecule has 1 atom stereocenters. The number of ether oxygens (including phenoxy) is 2. The molecule has 1 N–H and O–H groups in total. The molecule has 0 fully saturated rings. The number of hydrogen-bond donors (Lipinski definition) is 1. The van der Waals surface area contributed by atoms with Gasteiger partial charge in [-0.3, -0.25) is 0 Å². The molecule has 0 aliphatic carbocycles. The monoisotopic (exact) mass is 224 g/mol. The Bertz CT molecular complexity index is 282. The molecule has 0 spiro atoms. The Balaban J connectivity index is 2.37. The minimum atomic E-state index is -0.456. The topological polar surface area (TPSA) is 38.7 Å². The first-order chi connectivity index (χ1) is 7.77. The maximum absolute atomic E-state index is 9.86. The second kappa shape index (κ2) is 7.25. The molecule has 0 aliphatic heterocycles. The van der Waals surface area contributed by atoms with Crippen molar-refractivity contribution in [3.8, 4) is 5.75 Å². The third kappa shape index (κ3) is 4.21. The van der Waals surface area contributed by atoms with E-state index in [4.69, 9.17) is 9.47 Å². The van der Waals surface area contributed by atoms with Gasteiger partial charge in [0.15, 0.2) is 0 Å². The van der Waals surface area contributed by atoms with Crippen molar-refractivity contribution >= 4 is 0 Å². The molecule has 0 amide bonds. The first-order valence-electron chi connectivity index (χ1n) is 5.67. The second-order valence-electron chi connectivity index (χ2n) is 3.69. The van der Waals surface area contributed by atoms with Crippen LogP contribution in [0.25, 0.3) is 0 Å². The van der Waals surface area contributed by atoms with Crippen molar-refractivity contribution < 1.29 is 14.6 Å². The van der Waals surface area contributed by atoms with Crippen molar-refractivity contribution in [2.45, 2.75) is 25.9 Å². The van der Waals surface area contributed by atoms with Gasteiger partial charge in [0.25, 0.3) is 0 Å². The number of methoxy groups -OCH3 is 1. The summed E-state index contributed by atoms with van der Waals surface area (Å²) in [5, 5.41) is 9.86. The molecule has 3 nitrogen and oxygen atoms in total. The van der Waals surface area contributed by atoms with Gasteiger partial charge in [-0.05, 0) is 24.1 Å². The van der Waals surface area contributed by atoms with Crippen LogP contribution in [0.4, 0.5) is 0 Å². The number of hydrogen-bond acceptors (Lipinski definition) is 3. The SMILES string of the molecule is CCCOCCC(O)c1ccc(OC)cc1. The Morgan fingerprint density at radius 1 is 1.19 bits per heavy atom. The van der Waals surface area contributed by atoms with Crippen LogP contribution in [0.2, 0.25) is 0 Å². The quantitative estimate of drug-likeness (QED) is 0.723. The number of aliphatic hydroxyl groups is 1. The van der Waals surface area contributed by atoms with Crippen LogP contribution in [0, 0.1) is 0 Å². The smallest absolute Gasteiger partial charge is 0.118 e. The Hall–Kier alpha value is -1.06. The Labute approximate surface area is 97.0 Å². The molecule has 1 aromatic carbocycles. The van der Waals surface area contributed by atoms with Crippen molar-refractivity contribution in [3.05, 3.63) is 29.8 Å². The van der Waals surface area contributed by atoms with Gasteiger partial charge in [0.1, 0.15) is 5.75 Å². The van der Waals surface area contributed by atoms with Gasteiger partial charge in [0, 0.05) is 19.6 Å². The van der Waals surface area contributed by atoms with E-state index >= 15 is 0 Å². The molecular weight excluding hydrogens is 204 g/mol. The maximum Gasteiger partial charge on any atom is 0.118 e. The van der Waals surface area contributed by atoms with Crippen LogP contribution in [0.3, 0.4) is 0 Å².